The van der Waals surface area contributed by atoms with E-state index >= 15 is 0 Å². The predicted molar refractivity (Wildman–Crippen MR) is 137 cm³/mol. The highest BCUT2D eigenvalue weighted by molar-refractivity contribution is 7.98. The molecular weight excluding hydrogens is 510 g/mol. The van der Waals surface area contributed by atoms with Crippen molar-refractivity contribution in [2.75, 3.05) is 38.7 Å². The van der Waals surface area contributed by atoms with Crippen molar-refractivity contribution < 1.29 is 28.5 Å². The average molecular weight is 534 g/mol. The van der Waals surface area contributed by atoms with Gasteiger partial charge in [0.15, 0.2) is 5.69 Å². The van der Waals surface area contributed by atoms with Crippen LogP contribution in [0.4, 0.5) is 4.79 Å². The zero-order valence-electron chi connectivity index (χ0n) is 20.4. The number of hydrogen-bond acceptors (Lipinski definition) is 9. The predicted octanol–water partition coefficient (Wildman–Crippen LogP) is 3.09. The summed E-state index contributed by atoms with van der Waals surface area (Å²) < 4.78 is 22.5. The molecule has 0 saturated carbocycles. The highest BCUT2D eigenvalue weighted by Gasteiger charge is 2.48. The van der Waals surface area contributed by atoms with Crippen LogP contribution in [0.5, 0.6) is 5.75 Å². The van der Waals surface area contributed by atoms with Crippen molar-refractivity contribution in [3.05, 3.63) is 81.3 Å². The lowest BCUT2D eigenvalue weighted by Crippen LogP contribution is -2.66. The van der Waals surface area contributed by atoms with Gasteiger partial charge in [-0.3, -0.25) is 19.3 Å². The van der Waals surface area contributed by atoms with Crippen molar-refractivity contribution in [2.45, 2.75) is 22.9 Å². The van der Waals surface area contributed by atoms with Crippen molar-refractivity contribution in [1.82, 2.24) is 9.58 Å². The summed E-state index contributed by atoms with van der Waals surface area (Å²) in [4.78, 5) is 41.2. The van der Waals surface area contributed by atoms with Crippen LogP contribution in [0.2, 0.25) is 0 Å². The van der Waals surface area contributed by atoms with E-state index in [4.69, 9.17) is 14.2 Å². The number of methoxy groups -OCH3 is 1. The van der Waals surface area contributed by atoms with Crippen molar-refractivity contribution in [3.8, 4) is 16.9 Å². The number of carbonyl (C=O) groups excluding carboxylic acids is 2. The number of amides is 1. The smallest absolute Gasteiger partial charge is 0.451 e. The van der Waals surface area contributed by atoms with Gasteiger partial charge in [-0.15, -0.1) is 11.8 Å². The minimum Gasteiger partial charge on any atom is -0.451 e. The van der Waals surface area contributed by atoms with Gasteiger partial charge in [0.2, 0.25) is 18.0 Å². The van der Waals surface area contributed by atoms with Crippen LogP contribution in [0.15, 0.2) is 58.4 Å². The van der Waals surface area contributed by atoms with E-state index in [0.717, 1.165) is 16.9 Å². The zero-order valence-corrected chi connectivity index (χ0v) is 21.2. The van der Waals surface area contributed by atoms with Gasteiger partial charge in [0.1, 0.15) is 6.17 Å². The Labute approximate surface area is 221 Å². The number of benzene rings is 2. The molecule has 10 nitrogen and oxygen atoms in total. The van der Waals surface area contributed by atoms with Crippen LogP contribution < -0.4 is 15.2 Å². The Kier molecular flexibility index (Phi) is 5.38. The average Bonchev–Trinajstić information content (AvgIpc) is 3.29. The van der Waals surface area contributed by atoms with Crippen molar-refractivity contribution in [3.63, 3.8) is 0 Å². The molecule has 7 rings (SSSR count). The molecule has 194 valence electrons. The Balaban J connectivity index is 1.42. The summed E-state index contributed by atoms with van der Waals surface area (Å²) in [6.45, 7) is 0.493. The highest BCUT2D eigenvalue weighted by atomic mass is 32.2. The number of ether oxygens (including phenoxy) is 4. The first-order chi connectivity index (χ1) is 18.6. The number of thioether (sulfide) groups is 1. The maximum atomic E-state index is 13.8. The van der Waals surface area contributed by atoms with Crippen molar-refractivity contribution in [1.29, 1.82) is 0 Å². The second-order valence-electron chi connectivity index (χ2n) is 9.29. The molecule has 2 atom stereocenters. The van der Waals surface area contributed by atoms with Crippen LogP contribution in [0.25, 0.3) is 11.1 Å². The van der Waals surface area contributed by atoms with Crippen LogP contribution >= 0.6 is 11.8 Å². The first-order valence-electron chi connectivity index (χ1n) is 12.2. The van der Waals surface area contributed by atoms with Gasteiger partial charge in [-0.1, -0.05) is 30.3 Å². The van der Waals surface area contributed by atoms with Gasteiger partial charge in [-0.25, -0.2) is 4.79 Å². The molecule has 2 aromatic carbocycles. The maximum absolute atomic E-state index is 13.8. The summed E-state index contributed by atoms with van der Waals surface area (Å²) in [6.07, 6.45) is 0.246. The number of fused-ring (bicyclic) bond motifs is 2. The normalized spacial score (nSPS) is 20.4. The summed E-state index contributed by atoms with van der Waals surface area (Å²) >= 11 is 1.83. The fourth-order valence-corrected chi connectivity index (χ4v) is 6.99. The molecule has 1 aliphatic carbocycles. The molecule has 3 aliphatic heterocycles. The number of rotatable bonds is 4. The summed E-state index contributed by atoms with van der Waals surface area (Å²) in [5.74, 6) is 0.364. The van der Waals surface area contributed by atoms with Gasteiger partial charge in [-0.05, 0) is 28.3 Å². The van der Waals surface area contributed by atoms with E-state index in [0.29, 0.717) is 19.8 Å². The summed E-state index contributed by atoms with van der Waals surface area (Å²) in [6, 6.07) is 13.9. The van der Waals surface area contributed by atoms with Crippen LogP contribution in [-0.2, 0) is 20.0 Å². The topological polar surface area (TPSA) is 99.5 Å². The molecule has 38 heavy (non-hydrogen) atoms. The minimum atomic E-state index is -0.953. The van der Waals surface area contributed by atoms with Gasteiger partial charge in [0, 0.05) is 35.0 Å². The summed E-state index contributed by atoms with van der Waals surface area (Å²) in [5, 5.41) is 2.11. The van der Waals surface area contributed by atoms with Gasteiger partial charge in [-0.2, -0.15) is 0 Å². The van der Waals surface area contributed by atoms with E-state index in [9.17, 15) is 14.4 Å². The van der Waals surface area contributed by atoms with E-state index in [-0.39, 0.29) is 23.4 Å². The molecule has 0 bridgehead atoms. The van der Waals surface area contributed by atoms with Crippen LogP contribution in [-0.4, -0.2) is 61.5 Å². The van der Waals surface area contributed by atoms with E-state index in [1.165, 1.54) is 34.8 Å². The van der Waals surface area contributed by atoms with E-state index < -0.39 is 24.5 Å². The van der Waals surface area contributed by atoms with Gasteiger partial charge in [0.25, 0.3) is 5.91 Å². The number of aromatic nitrogens is 1. The van der Waals surface area contributed by atoms with Crippen LogP contribution in [0.3, 0.4) is 0 Å². The Bertz CT molecular complexity index is 1500. The second kappa shape index (κ2) is 8.81. The third-order valence-corrected chi connectivity index (χ3v) is 8.54. The van der Waals surface area contributed by atoms with Crippen LogP contribution in [0, 0.1) is 0 Å². The third-order valence-electron chi connectivity index (χ3n) is 7.43. The molecule has 1 fully saturated rings. The highest BCUT2D eigenvalue weighted by Crippen LogP contribution is 2.55. The lowest BCUT2D eigenvalue weighted by molar-refractivity contribution is -0.0207. The van der Waals surface area contributed by atoms with E-state index in [2.05, 4.69) is 46.1 Å². The molecule has 3 aromatic rings. The first-order valence-corrected chi connectivity index (χ1v) is 13.2. The lowest BCUT2D eigenvalue weighted by Gasteiger charge is -2.50. The fourth-order valence-electron chi connectivity index (χ4n) is 5.90. The largest absolute Gasteiger partial charge is 0.510 e. The van der Waals surface area contributed by atoms with Gasteiger partial charge >= 0.3 is 6.16 Å². The number of pyridine rings is 1. The first kappa shape index (κ1) is 23.2. The zero-order chi connectivity index (χ0) is 26.0. The monoisotopic (exact) mass is 533 g/mol. The number of morpholine rings is 1. The molecule has 1 saturated heterocycles. The number of nitrogens with zero attached hydrogens (tertiary/aromatic N) is 3. The third kappa shape index (κ3) is 3.28. The van der Waals surface area contributed by atoms with Crippen molar-refractivity contribution >= 4 is 23.8 Å². The SMILES string of the molecule is COC(=O)OCOc1c2n(ccc1=O)N([C@H]1c3cccc4c3-c3c(cccc31)SC4)[C@@H]1COCCN1C2=O. The molecule has 11 heteroatoms. The molecule has 4 heterocycles. The summed E-state index contributed by atoms with van der Waals surface area (Å²) in [5.41, 5.74) is 5.62. The molecule has 0 N–H and O–H groups in total. The van der Waals surface area contributed by atoms with E-state index in [1.54, 1.807) is 15.8 Å². The fraction of sp³-hybridized carbons (Fsp3) is 0.296. The molecule has 0 unspecified atom stereocenters. The Morgan fingerprint density at radius 3 is 2.76 bits per heavy atom. The molecule has 0 spiro atoms. The van der Waals surface area contributed by atoms with Crippen molar-refractivity contribution in [2.24, 2.45) is 0 Å². The molecule has 4 aliphatic rings. The molecular formula is C27H23N3O7S. The number of carbonyl (C=O) groups is 2. The minimum absolute atomic E-state index is 0.0793. The standard InChI is InChI=1S/C27H23N3O7S/c1-34-27(33)37-14-36-25-18(31)8-9-29-24(25)26(32)28-10-11-35-12-20(28)30(29)23-16-5-2-4-15-13-38-19-7-3-6-17(23)22(19)21(15)16/h2-9,20,23H,10-14H2,1H3/t20-,23+/m1/s1. The Morgan fingerprint density at radius 1 is 1.11 bits per heavy atom. The van der Waals surface area contributed by atoms with Crippen LogP contribution in [0.1, 0.15) is 33.2 Å². The number of hydrogen-bond donors (Lipinski definition) is 0. The van der Waals surface area contributed by atoms with Gasteiger partial charge in [0.05, 0.1) is 26.4 Å². The molecule has 1 amide bonds. The Morgan fingerprint density at radius 2 is 1.92 bits per heavy atom. The maximum Gasteiger partial charge on any atom is 0.510 e. The quantitative estimate of drug-likeness (QED) is 0.370. The molecule has 1 aromatic heterocycles. The lowest BCUT2D eigenvalue weighted by atomic mass is 9.99. The van der Waals surface area contributed by atoms with Gasteiger partial charge < -0.3 is 23.8 Å². The second-order valence-corrected chi connectivity index (χ2v) is 10.3. The van der Waals surface area contributed by atoms with E-state index in [1.807, 2.05) is 11.8 Å². The summed E-state index contributed by atoms with van der Waals surface area (Å²) in [7, 11) is 1.17. The Hall–Kier alpha value is -3.96. The molecule has 0 radical (unpaired) electrons.